The molecule has 4 rings (SSSR count). The lowest BCUT2D eigenvalue weighted by molar-refractivity contribution is 0.0785. The largest absolute Gasteiger partial charge is 0.298 e. The zero-order valence-electron chi connectivity index (χ0n) is 16.2. The first-order chi connectivity index (χ1) is 14.1. The molecule has 0 aliphatic carbocycles. The van der Waals surface area contributed by atoms with Gasteiger partial charge < -0.3 is 0 Å². The summed E-state index contributed by atoms with van der Waals surface area (Å²) in [4.78, 5) is 29.1. The molecule has 0 aromatic heterocycles. The van der Waals surface area contributed by atoms with Crippen molar-refractivity contribution in [3.05, 3.63) is 107 Å². The highest BCUT2D eigenvalue weighted by Gasteiger charge is 2.48. The van der Waals surface area contributed by atoms with Crippen LogP contribution in [0, 0.1) is 11.8 Å². The molecule has 3 nitrogen and oxygen atoms in total. The zero-order chi connectivity index (χ0) is 20.4. The molecule has 3 aromatic rings. The Morgan fingerprint density at radius 3 is 1.86 bits per heavy atom. The molecule has 0 N–H and O–H groups in total. The first kappa shape index (κ1) is 19.6. The molecule has 1 fully saturated rings. The fraction of sp³-hybridized carbons (Fsp3) is 0.200. The smallest absolute Gasteiger partial charge is 0.168 e. The van der Waals surface area contributed by atoms with Crippen LogP contribution in [0.1, 0.15) is 32.3 Å². The van der Waals surface area contributed by atoms with E-state index in [4.69, 9.17) is 11.6 Å². The lowest BCUT2D eigenvalue weighted by Gasteiger charge is -2.26. The molecular formula is C25H22ClNO2. The van der Waals surface area contributed by atoms with E-state index >= 15 is 0 Å². The summed E-state index contributed by atoms with van der Waals surface area (Å²) in [6.07, 6.45) is 0. The number of hydrogen-bond donors (Lipinski definition) is 0. The summed E-state index contributed by atoms with van der Waals surface area (Å²) in [6, 6.07) is 25.9. The number of ketones is 2. The Kier molecular flexibility index (Phi) is 5.61. The minimum absolute atomic E-state index is 0.00387. The van der Waals surface area contributed by atoms with Gasteiger partial charge in [-0.1, -0.05) is 84.4 Å². The van der Waals surface area contributed by atoms with Gasteiger partial charge in [-0.3, -0.25) is 14.5 Å². The van der Waals surface area contributed by atoms with Crippen LogP contribution in [0.5, 0.6) is 0 Å². The predicted octanol–water partition coefficient (Wildman–Crippen LogP) is 5.32. The van der Waals surface area contributed by atoms with Crippen LogP contribution in [0.2, 0.25) is 5.02 Å². The molecule has 3 aromatic carbocycles. The van der Waals surface area contributed by atoms with Gasteiger partial charge in [0.15, 0.2) is 11.6 Å². The van der Waals surface area contributed by atoms with Gasteiger partial charge in [0, 0.05) is 34.7 Å². The maximum atomic E-state index is 13.6. The molecule has 0 amide bonds. The van der Waals surface area contributed by atoms with Crippen molar-refractivity contribution >= 4 is 23.2 Å². The number of hydrogen-bond acceptors (Lipinski definition) is 3. The maximum absolute atomic E-state index is 13.6. The summed E-state index contributed by atoms with van der Waals surface area (Å²) in [5, 5.41) is 0.650. The second kappa shape index (κ2) is 8.32. The van der Waals surface area contributed by atoms with Crippen LogP contribution in [-0.2, 0) is 0 Å². The highest BCUT2D eigenvalue weighted by molar-refractivity contribution is 6.30. The molecule has 146 valence electrons. The van der Waals surface area contributed by atoms with E-state index < -0.39 is 11.8 Å². The van der Waals surface area contributed by atoms with E-state index in [1.165, 1.54) is 0 Å². The summed E-state index contributed by atoms with van der Waals surface area (Å²) in [6.45, 7) is 0.532. The van der Waals surface area contributed by atoms with Crippen molar-refractivity contribution in [2.24, 2.45) is 11.8 Å². The number of likely N-dealkylation sites (tertiary alicyclic amines) is 1. The number of rotatable bonds is 5. The third-order valence-corrected chi connectivity index (χ3v) is 5.95. The van der Waals surface area contributed by atoms with Crippen LogP contribution in [0.15, 0.2) is 84.9 Å². The van der Waals surface area contributed by atoms with E-state index in [-0.39, 0.29) is 17.6 Å². The third-order valence-electron chi connectivity index (χ3n) is 5.70. The van der Waals surface area contributed by atoms with Gasteiger partial charge in [0.2, 0.25) is 0 Å². The standard InChI is InChI=1S/C25H22ClNO2/c1-27-16-21(24(28)18-8-4-2-5-9-18)22(25(29)19-10-6-3-7-11-19)23(27)17-12-14-20(26)15-13-17/h2-15,21-23H,16H2,1H3/t21-,22-,23+/m0/s1. The van der Waals surface area contributed by atoms with Crippen molar-refractivity contribution in [3.63, 3.8) is 0 Å². The molecule has 1 saturated heterocycles. The Bertz CT molecular complexity index is 1000. The Labute approximate surface area is 175 Å². The first-order valence-electron chi connectivity index (χ1n) is 9.70. The summed E-state index contributed by atoms with van der Waals surface area (Å²) < 4.78 is 0. The molecular weight excluding hydrogens is 382 g/mol. The lowest BCUT2D eigenvalue weighted by atomic mass is 9.78. The molecule has 3 atom stereocenters. The summed E-state index contributed by atoms with van der Waals surface area (Å²) in [7, 11) is 1.98. The van der Waals surface area contributed by atoms with Gasteiger partial charge in [0.05, 0.1) is 5.92 Å². The number of carbonyl (C=O) groups excluding carboxylic acids is 2. The molecule has 0 radical (unpaired) electrons. The normalized spacial score (nSPS) is 21.8. The van der Waals surface area contributed by atoms with E-state index in [0.29, 0.717) is 22.7 Å². The van der Waals surface area contributed by atoms with Gasteiger partial charge in [-0.25, -0.2) is 0 Å². The first-order valence-corrected chi connectivity index (χ1v) is 10.1. The van der Waals surface area contributed by atoms with Crippen molar-refractivity contribution in [1.82, 2.24) is 4.90 Å². The van der Waals surface area contributed by atoms with Crippen molar-refractivity contribution in [3.8, 4) is 0 Å². The van der Waals surface area contributed by atoms with Crippen LogP contribution in [-0.4, -0.2) is 30.1 Å². The van der Waals surface area contributed by atoms with Gasteiger partial charge in [0.1, 0.15) is 0 Å². The minimum Gasteiger partial charge on any atom is -0.298 e. The second-order valence-corrected chi connectivity index (χ2v) is 7.97. The molecule has 1 heterocycles. The third kappa shape index (κ3) is 3.89. The summed E-state index contributed by atoms with van der Waals surface area (Å²) in [5.74, 6) is -0.848. The van der Waals surface area contributed by atoms with E-state index in [0.717, 1.165) is 5.56 Å². The quantitative estimate of drug-likeness (QED) is 0.541. The number of benzene rings is 3. The SMILES string of the molecule is CN1C[C@H](C(=O)c2ccccc2)[C@H](C(=O)c2ccccc2)[C@H]1c1ccc(Cl)cc1. The average Bonchev–Trinajstić information content (AvgIpc) is 3.11. The van der Waals surface area contributed by atoms with Gasteiger partial charge in [-0.15, -0.1) is 0 Å². The fourth-order valence-electron chi connectivity index (χ4n) is 4.34. The van der Waals surface area contributed by atoms with Gasteiger partial charge in [-0.05, 0) is 24.7 Å². The van der Waals surface area contributed by atoms with Crippen LogP contribution < -0.4 is 0 Å². The molecule has 0 bridgehead atoms. The number of carbonyl (C=O) groups is 2. The van der Waals surface area contributed by atoms with E-state index in [9.17, 15) is 9.59 Å². The fourth-order valence-corrected chi connectivity index (χ4v) is 4.46. The average molecular weight is 404 g/mol. The molecule has 1 aliphatic heterocycles. The van der Waals surface area contributed by atoms with Gasteiger partial charge in [0.25, 0.3) is 0 Å². The Balaban J connectivity index is 1.77. The molecule has 4 heteroatoms. The highest BCUT2D eigenvalue weighted by Crippen LogP contribution is 2.43. The van der Waals surface area contributed by atoms with Crippen LogP contribution >= 0.6 is 11.6 Å². The van der Waals surface area contributed by atoms with Gasteiger partial charge >= 0.3 is 0 Å². The van der Waals surface area contributed by atoms with Crippen molar-refractivity contribution in [1.29, 1.82) is 0 Å². The Morgan fingerprint density at radius 1 is 0.793 bits per heavy atom. The topological polar surface area (TPSA) is 37.4 Å². The van der Waals surface area contributed by atoms with Crippen molar-refractivity contribution < 1.29 is 9.59 Å². The van der Waals surface area contributed by atoms with Crippen LogP contribution in [0.3, 0.4) is 0 Å². The predicted molar refractivity (Wildman–Crippen MR) is 115 cm³/mol. The van der Waals surface area contributed by atoms with Gasteiger partial charge in [-0.2, -0.15) is 0 Å². The molecule has 0 saturated carbocycles. The summed E-state index contributed by atoms with van der Waals surface area (Å²) >= 11 is 6.07. The zero-order valence-corrected chi connectivity index (χ0v) is 16.9. The van der Waals surface area contributed by atoms with E-state index in [2.05, 4.69) is 4.90 Å². The summed E-state index contributed by atoms with van der Waals surface area (Å²) in [5.41, 5.74) is 2.28. The second-order valence-electron chi connectivity index (χ2n) is 7.53. The number of nitrogens with zero attached hydrogens (tertiary/aromatic N) is 1. The molecule has 0 unspecified atom stereocenters. The highest BCUT2D eigenvalue weighted by atomic mass is 35.5. The number of Topliss-reactive ketones (excluding diaryl/α,β-unsaturated/α-hetero) is 2. The van der Waals surface area contributed by atoms with Crippen LogP contribution in [0.4, 0.5) is 0 Å². The molecule has 0 spiro atoms. The van der Waals surface area contributed by atoms with E-state index in [1.54, 1.807) is 0 Å². The van der Waals surface area contributed by atoms with Crippen molar-refractivity contribution in [2.75, 3.05) is 13.6 Å². The Morgan fingerprint density at radius 2 is 1.31 bits per heavy atom. The molecule has 1 aliphatic rings. The van der Waals surface area contributed by atoms with Crippen LogP contribution in [0.25, 0.3) is 0 Å². The minimum atomic E-state index is -0.462. The monoisotopic (exact) mass is 403 g/mol. The number of halogens is 1. The molecule has 29 heavy (non-hydrogen) atoms. The Hall–Kier alpha value is -2.75. The van der Waals surface area contributed by atoms with Crippen molar-refractivity contribution in [2.45, 2.75) is 6.04 Å². The van der Waals surface area contributed by atoms with E-state index in [1.807, 2.05) is 92.0 Å². The lowest BCUT2D eigenvalue weighted by Crippen LogP contribution is -2.30. The maximum Gasteiger partial charge on any atom is 0.168 e.